The van der Waals surface area contributed by atoms with Gasteiger partial charge in [-0.2, -0.15) is 0 Å². The summed E-state index contributed by atoms with van der Waals surface area (Å²) in [5.74, 6) is 0.464. The number of benzene rings is 1. The fraction of sp³-hybridized carbons (Fsp3) is 0.350. The standard InChI is InChI=1S/C20H22N2O6/c1-13(23)14-4-6-17-16(10-14)22(19(24)12-27-17)11-15-5-7-18(28-15)20(25)21-8-3-9-26-2/h4-7,10H,3,8-9,11-12H2,1-2H3,(H,21,25). The molecule has 148 valence electrons. The van der Waals surface area contributed by atoms with Crippen LogP contribution in [0.5, 0.6) is 5.75 Å². The van der Waals surface area contributed by atoms with Crippen LogP contribution in [0.2, 0.25) is 0 Å². The Bertz CT molecular complexity index is 889. The first-order chi connectivity index (χ1) is 13.5. The van der Waals surface area contributed by atoms with Crippen molar-refractivity contribution in [1.29, 1.82) is 0 Å². The Kier molecular flexibility index (Phi) is 6.10. The average Bonchev–Trinajstić information content (AvgIpc) is 3.15. The first-order valence-electron chi connectivity index (χ1n) is 8.93. The summed E-state index contributed by atoms with van der Waals surface area (Å²) in [7, 11) is 1.60. The molecule has 0 atom stereocenters. The van der Waals surface area contributed by atoms with E-state index < -0.39 is 0 Å². The second-order valence-electron chi connectivity index (χ2n) is 6.38. The van der Waals surface area contributed by atoms with E-state index in [-0.39, 0.29) is 36.5 Å². The van der Waals surface area contributed by atoms with Gasteiger partial charge in [-0.25, -0.2) is 0 Å². The molecule has 0 spiro atoms. The summed E-state index contributed by atoms with van der Waals surface area (Å²) in [5, 5.41) is 2.74. The molecule has 3 rings (SSSR count). The van der Waals surface area contributed by atoms with E-state index in [0.717, 1.165) is 0 Å². The highest BCUT2D eigenvalue weighted by Gasteiger charge is 2.27. The Labute approximate surface area is 162 Å². The van der Waals surface area contributed by atoms with Gasteiger partial charge in [-0.3, -0.25) is 19.3 Å². The number of carbonyl (C=O) groups is 3. The third-order valence-electron chi connectivity index (χ3n) is 4.32. The van der Waals surface area contributed by atoms with Crippen molar-refractivity contribution in [2.75, 3.05) is 31.8 Å². The predicted octanol–water partition coefficient (Wildman–Crippen LogP) is 2.17. The maximum absolute atomic E-state index is 12.4. The maximum atomic E-state index is 12.4. The van der Waals surface area contributed by atoms with E-state index in [1.165, 1.54) is 11.8 Å². The number of ketones is 1. The topological polar surface area (TPSA) is 98.1 Å². The Balaban J connectivity index is 1.73. The van der Waals surface area contributed by atoms with Crippen molar-refractivity contribution in [2.45, 2.75) is 19.9 Å². The number of furan rings is 1. The number of amides is 2. The highest BCUT2D eigenvalue weighted by atomic mass is 16.5. The van der Waals surface area contributed by atoms with Gasteiger partial charge in [-0.15, -0.1) is 0 Å². The highest BCUT2D eigenvalue weighted by molar-refractivity contribution is 6.01. The molecule has 2 heterocycles. The third kappa shape index (κ3) is 4.40. The smallest absolute Gasteiger partial charge is 0.286 e. The van der Waals surface area contributed by atoms with Crippen molar-refractivity contribution in [1.82, 2.24) is 5.32 Å². The SMILES string of the molecule is COCCCNC(=O)c1ccc(CN2C(=O)COc3ccc(C(C)=O)cc32)o1. The Morgan fingerprint density at radius 3 is 2.82 bits per heavy atom. The number of methoxy groups -OCH3 is 1. The number of carbonyl (C=O) groups excluding carboxylic acids is 3. The zero-order chi connectivity index (χ0) is 20.1. The molecule has 1 N–H and O–H groups in total. The second-order valence-corrected chi connectivity index (χ2v) is 6.38. The molecule has 1 aromatic heterocycles. The van der Waals surface area contributed by atoms with Crippen molar-refractivity contribution in [3.63, 3.8) is 0 Å². The quantitative estimate of drug-likeness (QED) is 0.552. The van der Waals surface area contributed by atoms with Crippen LogP contribution in [-0.4, -0.2) is 44.5 Å². The summed E-state index contributed by atoms with van der Waals surface area (Å²) in [4.78, 5) is 37.6. The van der Waals surface area contributed by atoms with Crippen molar-refractivity contribution >= 4 is 23.3 Å². The molecule has 0 unspecified atom stereocenters. The van der Waals surface area contributed by atoms with Crippen LogP contribution in [0, 0.1) is 0 Å². The van der Waals surface area contributed by atoms with Crippen LogP contribution in [0.4, 0.5) is 5.69 Å². The lowest BCUT2D eigenvalue weighted by Gasteiger charge is -2.29. The molecule has 2 amide bonds. The van der Waals surface area contributed by atoms with Crippen LogP contribution >= 0.6 is 0 Å². The summed E-state index contributed by atoms with van der Waals surface area (Å²) in [6.45, 7) is 2.53. The zero-order valence-electron chi connectivity index (χ0n) is 15.8. The molecule has 8 heteroatoms. The lowest BCUT2D eigenvalue weighted by molar-refractivity contribution is -0.121. The first-order valence-corrected chi connectivity index (χ1v) is 8.93. The monoisotopic (exact) mass is 386 g/mol. The lowest BCUT2D eigenvalue weighted by Crippen LogP contribution is -2.38. The molecule has 8 nitrogen and oxygen atoms in total. The van der Waals surface area contributed by atoms with Crippen molar-refractivity contribution in [2.24, 2.45) is 0 Å². The lowest BCUT2D eigenvalue weighted by atomic mass is 10.1. The van der Waals surface area contributed by atoms with Crippen molar-refractivity contribution < 1.29 is 28.3 Å². The van der Waals surface area contributed by atoms with Gasteiger partial charge >= 0.3 is 0 Å². The molecule has 1 aliphatic rings. The largest absolute Gasteiger partial charge is 0.482 e. The van der Waals surface area contributed by atoms with Gasteiger partial charge in [0, 0.05) is 25.8 Å². The molecule has 1 aliphatic heterocycles. The molecule has 0 radical (unpaired) electrons. The van der Waals surface area contributed by atoms with E-state index in [0.29, 0.717) is 42.3 Å². The molecule has 0 saturated heterocycles. The van der Waals surface area contributed by atoms with Crippen LogP contribution in [-0.2, 0) is 16.1 Å². The summed E-state index contributed by atoms with van der Waals surface area (Å²) in [6, 6.07) is 8.18. The van der Waals surface area contributed by atoms with Crippen LogP contribution < -0.4 is 15.0 Å². The molecule has 1 aromatic carbocycles. The van der Waals surface area contributed by atoms with Crippen LogP contribution in [0.25, 0.3) is 0 Å². The van der Waals surface area contributed by atoms with Gasteiger partial charge in [0.1, 0.15) is 11.5 Å². The maximum Gasteiger partial charge on any atom is 0.286 e. The molecule has 28 heavy (non-hydrogen) atoms. The Hall–Kier alpha value is -3.13. The van der Waals surface area contributed by atoms with Crippen molar-refractivity contribution in [3.05, 3.63) is 47.4 Å². The number of nitrogens with zero attached hydrogens (tertiary/aromatic N) is 1. The van der Waals surface area contributed by atoms with Crippen LogP contribution in [0.15, 0.2) is 34.7 Å². The average molecular weight is 386 g/mol. The number of Topliss-reactive ketones (excluding diaryl/α,β-unsaturated/α-hetero) is 1. The molecule has 0 aliphatic carbocycles. The van der Waals surface area contributed by atoms with E-state index in [1.54, 1.807) is 37.4 Å². The third-order valence-corrected chi connectivity index (χ3v) is 4.32. The summed E-state index contributed by atoms with van der Waals surface area (Å²) >= 11 is 0. The number of nitrogens with one attached hydrogen (secondary N) is 1. The molecular formula is C20H22N2O6. The minimum atomic E-state index is -0.324. The summed E-state index contributed by atoms with van der Waals surface area (Å²) in [6.07, 6.45) is 0.702. The number of rotatable bonds is 8. The number of fused-ring (bicyclic) bond motifs is 1. The van der Waals surface area contributed by atoms with E-state index >= 15 is 0 Å². The molecular weight excluding hydrogens is 364 g/mol. The number of ether oxygens (including phenoxy) is 2. The minimum absolute atomic E-state index is 0.0973. The highest BCUT2D eigenvalue weighted by Crippen LogP contribution is 2.34. The molecule has 0 bridgehead atoms. The number of anilines is 1. The Morgan fingerprint density at radius 1 is 1.25 bits per heavy atom. The van der Waals surface area contributed by atoms with Crippen LogP contribution in [0.1, 0.15) is 40.0 Å². The molecule has 0 saturated carbocycles. The van der Waals surface area contributed by atoms with E-state index in [1.807, 2.05) is 0 Å². The Morgan fingerprint density at radius 2 is 2.07 bits per heavy atom. The summed E-state index contributed by atoms with van der Waals surface area (Å²) in [5.41, 5.74) is 0.989. The fourth-order valence-corrected chi connectivity index (χ4v) is 2.84. The fourth-order valence-electron chi connectivity index (χ4n) is 2.84. The predicted molar refractivity (Wildman–Crippen MR) is 101 cm³/mol. The van der Waals surface area contributed by atoms with Gasteiger partial charge in [0.05, 0.1) is 12.2 Å². The van der Waals surface area contributed by atoms with Gasteiger partial charge in [0.2, 0.25) is 0 Å². The van der Waals surface area contributed by atoms with E-state index in [4.69, 9.17) is 13.9 Å². The first kappa shape index (κ1) is 19.6. The number of hydrogen-bond acceptors (Lipinski definition) is 6. The summed E-state index contributed by atoms with van der Waals surface area (Å²) < 4.78 is 16.0. The normalized spacial score (nSPS) is 13.1. The van der Waals surface area contributed by atoms with E-state index in [2.05, 4.69) is 5.32 Å². The molecule has 2 aromatic rings. The number of hydrogen-bond donors (Lipinski definition) is 1. The zero-order valence-corrected chi connectivity index (χ0v) is 15.8. The second kappa shape index (κ2) is 8.71. The van der Waals surface area contributed by atoms with Crippen LogP contribution in [0.3, 0.4) is 0 Å². The van der Waals surface area contributed by atoms with Gasteiger partial charge < -0.3 is 19.2 Å². The van der Waals surface area contributed by atoms with Gasteiger partial charge in [-0.05, 0) is 43.7 Å². The van der Waals surface area contributed by atoms with Crippen molar-refractivity contribution in [3.8, 4) is 5.75 Å². The molecule has 0 fully saturated rings. The van der Waals surface area contributed by atoms with Gasteiger partial charge in [0.15, 0.2) is 18.2 Å². The van der Waals surface area contributed by atoms with E-state index in [9.17, 15) is 14.4 Å². The van der Waals surface area contributed by atoms with Gasteiger partial charge in [0.25, 0.3) is 11.8 Å². The van der Waals surface area contributed by atoms with Gasteiger partial charge in [-0.1, -0.05) is 0 Å². The minimum Gasteiger partial charge on any atom is -0.482 e.